The Morgan fingerprint density at radius 1 is 1.35 bits per heavy atom. The average molecular weight is 283 g/mol. The Balaban J connectivity index is 2.20. The van der Waals surface area contributed by atoms with Crippen molar-refractivity contribution in [3.8, 4) is 11.3 Å². The molecule has 6 heteroatoms. The molecule has 0 fully saturated rings. The van der Waals surface area contributed by atoms with Crippen molar-refractivity contribution < 1.29 is 13.2 Å². The van der Waals surface area contributed by atoms with Crippen LogP contribution in [0.5, 0.6) is 0 Å². The normalized spacial score (nSPS) is 13.4. The zero-order chi connectivity index (χ0) is 14.8. The first-order valence-electron chi connectivity index (χ1n) is 6.33. The second-order valence-electron chi connectivity index (χ2n) is 4.84. The maximum Gasteiger partial charge on any atom is 0.416 e. The van der Waals surface area contributed by atoms with Crippen LogP contribution < -0.4 is 5.73 Å². The monoisotopic (exact) mass is 283 g/mol. The summed E-state index contributed by atoms with van der Waals surface area (Å²) in [6, 6.07) is 5.25. The predicted molar refractivity (Wildman–Crippen MR) is 71.0 cm³/mol. The van der Waals surface area contributed by atoms with Gasteiger partial charge in [0.1, 0.15) is 5.82 Å². The van der Waals surface area contributed by atoms with E-state index in [9.17, 15) is 13.2 Å². The molecule has 0 saturated heterocycles. The number of imidazole rings is 1. The lowest BCUT2D eigenvalue weighted by molar-refractivity contribution is -0.137. The van der Waals surface area contributed by atoms with Crippen molar-refractivity contribution in [2.24, 2.45) is 5.73 Å². The molecule has 1 aromatic carbocycles. The summed E-state index contributed by atoms with van der Waals surface area (Å²) in [6.45, 7) is 1.90. The van der Waals surface area contributed by atoms with Gasteiger partial charge in [-0.05, 0) is 25.5 Å². The zero-order valence-corrected chi connectivity index (χ0v) is 11.0. The van der Waals surface area contributed by atoms with Crippen LogP contribution >= 0.6 is 0 Å². The molecule has 0 bridgehead atoms. The smallest absolute Gasteiger partial charge is 0.342 e. The average Bonchev–Trinajstić information content (AvgIpc) is 2.84. The summed E-state index contributed by atoms with van der Waals surface area (Å²) in [5.74, 6) is 0.731. The number of hydrogen-bond donors (Lipinski definition) is 2. The molecule has 1 atom stereocenters. The van der Waals surface area contributed by atoms with E-state index in [4.69, 9.17) is 5.73 Å². The molecule has 0 aliphatic heterocycles. The van der Waals surface area contributed by atoms with Crippen LogP contribution in [0.1, 0.15) is 24.7 Å². The van der Waals surface area contributed by atoms with E-state index in [2.05, 4.69) is 9.97 Å². The van der Waals surface area contributed by atoms with Crippen LogP contribution in [-0.4, -0.2) is 16.0 Å². The Morgan fingerprint density at radius 2 is 2.10 bits per heavy atom. The Kier molecular flexibility index (Phi) is 4.13. The van der Waals surface area contributed by atoms with E-state index in [1.165, 1.54) is 6.07 Å². The van der Waals surface area contributed by atoms with Crippen LogP contribution in [-0.2, 0) is 12.6 Å². The number of nitrogens with one attached hydrogen (secondary N) is 1. The van der Waals surface area contributed by atoms with Gasteiger partial charge in [0, 0.05) is 18.0 Å². The molecule has 0 amide bonds. The summed E-state index contributed by atoms with van der Waals surface area (Å²) in [4.78, 5) is 7.19. The van der Waals surface area contributed by atoms with Crippen molar-refractivity contribution in [2.45, 2.75) is 32.0 Å². The second kappa shape index (κ2) is 5.66. The number of aromatic nitrogens is 2. The number of aryl methyl sites for hydroxylation is 1. The molecule has 0 saturated carbocycles. The van der Waals surface area contributed by atoms with E-state index in [1.807, 2.05) is 6.92 Å². The summed E-state index contributed by atoms with van der Waals surface area (Å²) in [5, 5.41) is 0. The first-order valence-corrected chi connectivity index (χ1v) is 6.33. The van der Waals surface area contributed by atoms with Crippen LogP contribution in [0.3, 0.4) is 0 Å². The molecule has 0 radical (unpaired) electrons. The van der Waals surface area contributed by atoms with Gasteiger partial charge in [-0.3, -0.25) is 0 Å². The van der Waals surface area contributed by atoms with Gasteiger partial charge in [0.2, 0.25) is 0 Å². The van der Waals surface area contributed by atoms with E-state index in [0.29, 0.717) is 17.7 Å². The highest BCUT2D eigenvalue weighted by Crippen LogP contribution is 2.31. The molecule has 3 nitrogen and oxygen atoms in total. The quantitative estimate of drug-likeness (QED) is 0.903. The SMILES string of the molecule is CC(N)CCc1ncc(-c2cccc(C(F)(F)F)c2)[nH]1. The fourth-order valence-electron chi connectivity index (χ4n) is 1.86. The first-order chi connectivity index (χ1) is 9.36. The number of benzene rings is 1. The van der Waals surface area contributed by atoms with Gasteiger partial charge in [0.25, 0.3) is 0 Å². The Morgan fingerprint density at radius 3 is 2.75 bits per heavy atom. The van der Waals surface area contributed by atoms with Crippen molar-refractivity contribution in [3.63, 3.8) is 0 Å². The van der Waals surface area contributed by atoms with E-state index in [-0.39, 0.29) is 6.04 Å². The van der Waals surface area contributed by atoms with E-state index in [0.717, 1.165) is 24.4 Å². The molecule has 2 rings (SSSR count). The molecule has 108 valence electrons. The number of halogens is 3. The van der Waals surface area contributed by atoms with Gasteiger partial charge < -0.3 is 10.7 Å². The minimum atomic E-state index is -4.34. The molecule has 2 aromatic rings. The maximum atomic E-state index is 12.7. The van der Waals surface area contributed by atoms with Gasteiger partial charge in [0.15, 0.2) is 0 Å². The lowest BCUT2D eigenvalue weighted by Gasteiger charge is -2.07. The van der Waals surface area contributed by atoms with Gasteiger partial charge in [-0.15, -0.1) is 0 Å². The fourth-order valence-corrected chi connectivity index (χ4v) is 1.86. The number of rotatable bonds is 4. The van der Waals surface area contributed by atoms with E-state index >= 15 is 0 Å². The third-order valence-electron chi connectivity index (χ3n) is 2.97. The Hall–Kier alpha value is -1.82. The van der Waals surface area contributed by atoms with E-state index in [1.54, 1.807) is 12.3 Å². The standard InChI is InChI=1S/C14H16F3N3/c1-9(18)5-6-13-19-8-12(20-13)10-3-2-4-11(7-10)14(15,16)17/h2-4,7-9H,5-6,18H2,1H3,(H,19,20). The predicted octanol–water partition coefficient (Wildman–Crippen LogP) is 3.38. The minimum absolute atomic E-state index is 0.0668. The van der Waals surface area contributed by atoms with Crippen LogP contribution in [0.2, 0.25) is 0 Å². The summed E-state index contributed by atoms with van der Waals surface area (Å²) in [5.41, 5.74) is 6.05. The number of hydrogen-bond acceptors (Lipinski definition) is 2. The second-order valence-corrected chi connectivity index (χ2v) is 4.84. The molecule has 1 heterocycles. The van der Waals surface area contributed by atoms with Crippen molar-refractivity contribution in [1.29, 1.82) is 0 Å². The van der Waals surface area contributed by atoms with Crippen LogP contribution in [0.4, 0.5) is 13.2 Å². The number of alkyl halides is 3. The summed E-state index contributed by atoms with van der Waals surface area (Å²) >= 11 is 0. The summed E-state index contributed by atoms with van der Waals surface area (Å²) < 4.78 is 38.0. The Labute approximate surface area is 115 Å². The molecule has 0 aliphatic carbocycles. The fraction of sp³-hybridized carbons (Fsp3) is 0.357. The molecule has 0 aliphatic rings. The molecule has 1 unspecified atom stereocenters. The van der Waals surface area contributed by atoms with Crippen LogP contribution in [0.15, 0.2) is 30.5 Å². The van der Waals surface area contributed by atoms with Crippen molar-refractivity contribution >= 4 is 0 Å². The van der Waals surface area contributed by atoms with Crippen molar-refractivity contribution in [3.05, 3.63) is 41.9 Å². The highest BCUT2D eigenvalue weighted by molar-refractivity contribution is 5.59. The van der Waals surface area contributed by atoms with Gasteiger partial charge in [-0.2, -0.15) is 13.2 Å². The molecule has 20 heavy (non-hydrogen) atoms. The third-order valence-corrected chi connectivity index (χ3v) is 2.97. The van der Waals surface area contributed by atoms with Gasteiger partial charge >= 0.3 is 6.18 Å². The van der Waals surface area contributed by atoms with Crippen LogP contribution in [0, 0.1) is 0 Å². The Bertz CT molecular complexity index is 573. The number of H-pyrrole nitrogens is 1. The van der Waals surface area contributed by atoms with Crippen molar-refractivity contribution in [2.75, 3.05) is 0 Å². The first kappa shape index (κ1) is 14.6. The highest BCUT2D eigenvalue weighted by atomic mass is 19.4. The number of nitrogens with zero attached hydrogens (tertiary/aromatic N) is 1. The largest absolute Gasteiger partial charge is 0.416 e. The maximum absolute atomic E-state index is 12.7. The summed E-state index contributed by atoms with van der Waals surface area (Å²) in [7, 11) is 0. The van der Waals surface area contributed by atoms with Gasteiger partial charge in [-0.25, -0.2) is 4.98 Å². The molecular weight excluding hydrogens is 267 g/mol. The lowest BCUT2D eigenvalue weighted by atomic mass is 10.1. The zero-order valence-electron chi connectivity index (χ0n) is 11.0. The molecule has 0 spiro atoms. The number of nitrogens with two attached hydrogens (primary N) is 1. The van der Waals surface area contributed by atoms with Crippen molar-refractivity contribution in [1.82, 2.24) is 9.97 Å². The van der Waals surface area contributed by atoms with E-state index < -0.39 is 11.7 Å². The van der Waals surface area contributed by atoms with Gasteiger partial charge in [0.05, 0.1) is 17.5 Å². The lowest BCUT2D eigenvalue weighted by Crippen LogP contribution is -2.15. The number of aromatic amines is 1. The van der Waals surface area contributed by atoms with Gasteiger partial charge in [-0.1, -0.05) is 12.1 Å². The summed E-state index contributed by atoms with van der Waals surface area (Å²) in [6.07, 6.45) is -1.34. The van der Waals surface area contributed by atoms with Crippen LogP contribution in [0.25, 0.3) is 11.3 Å². The topological polar surface area (TPSA) is 54.7 Å². The molecular formula is C14H16F3N3. The molecule has 3 N–H and O–H groups in total. The third kappa shape index (κ3) is 3.60. The highest BCUT2D eigenvalue weighted by Gasteiger charge is 2.30. The minimum Gasteiger partial charge on any atom is -0.342 e. The molecule has 1 aromatic heterocycles.